The summed E-state index contributed by atoms with van der Waals surface area (Å²) >= 11 is 0. The zero-order chi connectivity index (χ0) is 24.9. The highest BCUT2D eigenvalue weighted by Gasteiger charge is 2.45. The van der Waals surface area contributed by atoms with Gasteiger partial charge < -0.3 is 19.5 Å². The molecule has 1 N–H and O–H groups in total. The van der Waals surface area contributed by atoms with Crippen molar-refractivity contribution in [3.05, 3.63) is 70.5 Å². The van der Waals surface area contributed by atoms with Crippen LogP contribution >= 0.6 is 0 Å². The third-order valence-corrected chi connectivity index (χ3v) is 6.65. The van der Waals surface area contributed by atoms with Gasteiger partial charge in [0.15, 0.2) is 11.6 Å². The number of Topliss-reactive ketones (excluding diaryl/α,β-unsaturated/α-hetero) is 1. The third-order valence-electron chi connectivity index (χ3n) is 6.65. The average Bonchev–Trinajstić information content (AvgIpc) is 3.14. The first-order valence-electron chi connectivity index (χ1n) is 12.0. The van der Waals surface area contributed by atoms with Gasteiger partial charge in [0.05, 0.1) is 31.9 Å². The Morgan fingerprint density at radius 3 is 2.46 bits per heavy atom. The molecule has 0 spiro atoms. The molecule has 0 aliphatic carbocycles. The summed E-state index contributed by atoms with van der Waals surface area (Å²) < 4.78 is 24.7. The number of hydrogen-bond acceptors (Lipinski definition) is 6. The van der Waals surface area contributed by atoms with E-state index < -0.39 is 29.3 Å². The van der Waals surface area contributed by atoms with Gasteiger partial charge in [0.25, 0.3) is 11.7 Å². The maximum atomic E-state index is 14.4. The number of ketones is 1. The monoisotopic (exact) mass is 482 g/mol. The number of rotatable bonds is 8. The molecule has 0 radical (unpaired) electrons. The van der Waals surface area contributed by atoms with E-state index in [0.717, 1.165) is 43.2 Å². The van der Waals surface area contributed by atoms with Gasteiger partial charge in [0.1, 0.15) is 5.76 Å². The van der Waals surface area contributed by atoms with Crippen molar-refractivity contribution < 1.29 is 28.6 Å². The second kappa shape index (κ2) is 11.0. The molecule has 2 saturated heterocycles. The number of carbonyl (C=O) groups excluding carboxylic acids is 2. The molecule has 2 aromatic rings. The Morgan fingerprint density at radius 2 is 1.83 bits per heavy atom. The quantitative estimate of drug-likeness (QED) is 0.352. The predicted molar refractivity (Wildman–Crippen MR) is 130 cm³/mol. The number of methoxy groups -OCH3 is 1. The molecule has 0 unspecified atom stereocenters. The second-order valence-electron chi connectivity index (χ2n) is 8.74. The van der Waals surface area contributed by atoms with Gasteiger partial charge in [-0.25, -0.2) is 4.39 Å². The highest BCUT2D eigenvalue weighted by Crippen LogP contribution is 2.40. The van der Waals surface area contributed by atoms with Crippen LogP contribution in [0.5, 0.6) is 5.75 Å². The third kappa shape index (κ3) is 5.23. The number of benzene rings is 2. The van der Waals surface area contributed by atoms with Gasteiger partial charge >= 0.3 is 0 Å². The fourth-order valence-corrected chi connectivity index (χ4v) is 4.65. The number of aryl methyl sites for hydroxylation is 1. The molecule has 8 heteroatoms. The summed E-state index contributed by atoms with van der Waals surface area (Å²) in [6.07, 6.45) is 1.53. The molecule has 7 nitrogen and oxygen atoms in total. The van der Waals surface area contributed by atoms with Crippen LogP contribution in [0.25, 0.3) is 5.76 Å². The lowest BCUT2D eigenvalue weighted by molar-refractivity contribution is -0.140. The number of ether oxygens (including phenoxy) is 2. The molecule has 35 heavy (non-hydrogen) atoms. The Hall–Kier alpha value is -3.23. The van der Waals surface area contributed by atoms with Crippen LogP contribution in [0.1, 0.15) is 36.1 Å². The zero-order valence-corrected chi connectivity index (χ0v) is 20.1. The summed E-state index contributed by atoms with van der Waals surface area (Å²) in [7, 11) is 1.35. The molecule has 0 saturated carbocycles. The van der Waals surface area contributed by atoms with Crippen LogP contribution in [0.4, 0.5) is 4.39 Å². The maximum absolute atomic E-state index is 14.4. The zero-order valence-electron chi connectivity index (χ0n) is 20.1. The molecule has 2 fully saturated rings. The van der Waals surface area contributed by atoms with E-state index in [-0.39, 0.29) is 16.9 Å². The van der Waals surface area contributed by atoms with Crippen LogP contribution in [0.15, 0.2) is 48.0 Å². The molecule has 2 aromatic carbocycles. The van der Waals surface area contributed by atoms with E-state index in [9.17, 15) is 19.1 Å². The molecular formula is C27H31FN2O5. The Kier molecular flexibility index (Phi) is 7.83. The largest absolute Gasteiger partial charge is 0.507 e. The first-order chi connectivity index (χ1) is 16.9. The average molecular weight is 483 g/mol. The fraction of sp³-hybridized carbons (Fsp3) is 0.407. The van der Waals surface area contributed by atoms with Gasteiger partial charge in [-0.3, -0.25) is 14.5 Å². The predicted octanol–water partition coefficient (Wildman–Crippen LogP) is 3.54. The van der Waals surface area contributed by atoms with Crippen molar-refractivity contribution in [2.24, 2.45) is 0 Å². The summed E-state index contributed by atoms with van der Waals surface area (Å²) in [4.78, 5) is 30.1. The van der Waals surface area contributed by atoms with Crippen molar-refractivity contribution in [1.82, 2.24) is 9.80 Å². The Balaban J connectivity index is 1.69. The van der Waals surface area contributed by atoms with Crippen molar-refractivity contribution in [1.29, 1.82) is 0 Å². The molecule has 4 rings (SSSR count). The number of morpholine rings is 1. The summed E-state index contributed by atoms with van der Waals surface area (Å²) in [5.74, 6) is -2.47. The maximum Gasteiger partial charge on any atom is 0.295 e. The molecule has 0 aromatic heterocycles. The standard InChI is InChI=1S/C27H31FN2O5/c1-3-18-5-7-19(8-6-18)24-23(25(31)20-9-10-22(34-2)21(28)17-20)26(32)27(33)30(24)12-4-11-29-13-15-35-16-14-29/h5-10,17,24,31H,3-4,11-16H2,1-2H3/t24-/m0/s1. The van der Waals surface area contributed by atoms with Crippen LogP contribution in [0.2, 0.25) is 0 Å². The molecular weight excluding hydrogens is 451 g/mol. The van der Waals surface area contributed by atoms with Gasteiger partial charge in [-0.05, 0) is 42.2 Å². The second-order valence-corrected chi connectivity index (χ2v) is 8.74. The lowest BCUT2D eigenvalue weighted by Crippen LogP contribution is -2.38. The van der Waals surface area contributed by atoms with E-state index >= 15 is 0 Å². The van der Waals surface area contributed by atoms with Crippen molar-refractivity contribution >= 4 is 17.4 Å². The van der Waals surface area contributed by atoms with Crippen molar-refractivity contribution in [2.45, 2.75) is 25.8 Å². The number of hydrogen-bond donors (Lipinski definition) is 1. The van der Waals surface area contributed by atoms with Crippen LogP contribution in [0.3, 0.4) is 0 Å². The van der Waals surface area contributed by atoms with E-state index in [1.807, 2.05) is 31.2 Å². The Bertz CT molecular complexity index is 1110. The summed E-state index contributed by atoms with van der Waals surface area (Å²) in [6, 6.07) is 10.9. The molecule has 1 atom stereocenters. The van der Waals surface area contributed by atoms with E-state index in [1.54, 1.807) is 0 Å². The fourth-order valence-electron chi connectivity index (χ4n) is 4.65. The first kappa shape index (κ1) is 24.9. The number of aliphatic hydroxyl groups is 1. The van der Waals surface area contributed by atoms with Crippen LogP contribution in [0, 0.1) is 5.82 Å². The number of nitrogens with zero attached hydrogens (tertiary/aromatic N) is 2. The van der Waals surface area contributed by atoms with Crippen molar-refractivity contribution in [3.63, 3.8) is 0 Å². The first-order valence-corrected chi connectivity index (χ1v) is 12.0. The SMILES string of the molecule is CCc1ccc([C@H]2C(=C(O)c3ccc(OC)c(F)c3)C(=O)C(=O)N2CCCN2CCOCC2)cc1. The molecule has 1 amide bonds. The highest BCUT2D eigenvalue weighted by molar-refractivity contribution is 6.46. The van der Waals surface area contributed by atoms with E-state index in [4.69, 9.17) is 9.47 Å². The molecule has 186 valence electrons. The molecule has 2 heterocycles. The lowest BCUT2D eigenvalue weighted by atomic mass is 9.94. The van der Waals surface area contributed by atoms with Gasteiger partial charge in [-0.2, -0.15) is 0 Å². The van der Waals surface area contributed by atoms with Gasteiger partial charge in [-0.1, -0.05) is 31.2 Å². The van der Waals surface area contributed by atoms with Gasteiger partial charge in [-0.15, -0.1) is 0 Å². The Labute approximate surface area is 204 Å². The van der Waals surface area contributed by atoms with Crippen LogP contribution in [-0.4, -0.2) is 73.1 Å². The highest BCUT2D eigenvalue weighted by atomic mass is 19.1. The van der Waals surface area contributed by atoms with E-state index in [0.29, 0.717) is 26.2 Å². The van der Waals surface area contributed by atoms with Gasteiger partial charge in [0, 0.05) is 31.7 Å². The smallest absolute Gasteiger partial charge is 0.295 e. The normalized spacial score (nSPS) is 20.4. The minimum absolute atomic E-state index is 0.0248. The minimum Gasteiger partial charge on any atom is -0.507 e. The van der Waals surface area contributed by atoms with Crippen LogP contribution in [-0.2, 0) is 20.7 Å². The van der Waals surface area contributed by atoms with Crippen molar-refractivity contribution in [2.75, 3.05) is 46.5 Å². The van der Waals surface area contributed by atoms with Crippen molar-refractivity contribution in [3.8, 4) is 5.75 Å². The number of likely N-dealkylation sites (tertiary alicyclic amines) is 1. The number of halogens is 1. The number of amides is 1. The summed E-state index contributed by atoms with van der Waals surface area (Å²) in [5, 5.41) is 11.1. The summed E-state index contributed by atoms with van der Waals surface area (Å²) in [6.45, 7) is 6.23. The number of carbonyl (C=O) groups is 2. The molecule has 2 aliphatic rings. The number of aliphatic hydroxyl groups excluding tert-OH is 1. The van der Waals surface area contributed by atoms with Gasteiger partial charge in [0.2, 0.25) is 0 Å². The minimum atomic E-state index is -0.769. The lowest BCUT2D eigenvalue weighted by Gasteiger charge is -2.29. The molecule has 0 bridgehead atoms. The summed E-state index contributed by atoms with van der Waals surface area (Å²) in [5.41, 5.74) is 1.93. The Morgan fingerprint density at radius 1 is 1.11 bits per heavy atom. The van der Waals surface area contributed by atoms with E-state index in [2.05, 4.69) is 4.90 Å². The van der Waals surface area contributed by atoms with E-state index in [1.165, 1.54) is 24.1 Å². The topological polar surface area (TPSA) is 79.3 Å². The van der Waals surface area contributed by atoms with Crippen LogP contribution < -0.4 is 4.74 Å². The molecule has 2 aliphatic heterocycles.